The van der Waals surface area contributed by atoms with Crippen LogP contribution in [-0.2, 0) is 19.7 Å². The van der Waals surface area contributed by atoms with Crippen LogP contribution in [0, 0.1) is 6.92 Å². The first-order chi connectivity index (χ1) is 12.2. The summed E-state index contributed by atoms with van der Waals surface area (Å²) < 4.78 is 32.6. The summed E-state index contributed by atoms with van der Waals surface area (Å²) in [5, 5.41) is 4.94. The van der Waals surface area contributed by atoms with E-state index in [1.807, 2.05) is 0 Å². The largest absolute Gasteiger partial charge is 0.356 e. The highest BCUT2D eigenvalue weighted by molar-refractivity contribution is 7.86. The van der Waals surface area contributed by atoms with E-state index in [1.54, 1.807) is 43.3 Å². The summed E-state index contributed by atoms with van der Waals surface area (Å²) >= 11 is 0. The minimum Gasteiger partial charge on any atom is -0.356 e. The zero-order valence-electron chi connectivity index (χ0n) is 14.2. The van der Waals surface area contributed by atoms with Crippen molar-refractivity contribution in [1.29, 1.82) is 0 Å². The predicted molar refractivity (Wildman–Crippen MR) is 98.3 cm³/mol. The maximum atomic E-state index is 11.7. The lowest BCUT2D eigenvalue weighted by Gasteiger charge is -2.10. The summed E-state index contributed by atoms with van der Waals surface area (Å²) in [4.78, 5) is 22.6. The number of likely N-dealkylation sites (N-methyl/N-ethyl adjacent to an activating group) is 1. The molecule has 0 heterocycles. The maximum Gasteiger partial charge on any atom is 0.295 e. The molecular weight excluding hydrogens is 356 g/mol. The standard InChI is InChI=1S/C18H18N2O5S/c1-12-3-8-15(16(11-12)26(23,24)25)13-4-6-14(7-5-13)20-18(22)10-9-17(21)19-2/h3-11H,1-2H3,(H,19,21)(H,20,22)(H,23,24,25)/b10-9+. The predicted octanol–water partition coefficient (Wildman–Crippen LogP) is 2.15. The van der Waals surface area contributed by atoms with Crippen molar-refractivity contribution in [3.63, 3.8) is 0 Å². The summed E-state index contributed by atoms with van der Waals surface area (Å²) in [5.74, 6) is -0.872. The molecule has 136 valence electrons. The van der Waals surface area contributed by atoms with Crippen molar-refractivity contribution in [3.8, 4) is 11.1 Å². The Bertz CT molecular complexity index is 964. The summed E-state index contributed by atoms with van der Waals surface area (Å²) in [6.07, 6.45) is 2.21. The molecule has 2 aromatic carbocycles. The van der Waals surface area contributed by atoms with Crippen LogP contribution in [0.4, 0.5) is 5.69 Å². The SMILES string of the molecule is CNC(=O)/C=C/C(=O)Nc1ccc(-c2ccc(C)cc2S(=O)(=O)O)cc1. The molecule has 26 heavy (non-hydrogen) atoms. The minimum atomic E-state index is -4.37. The van der Waals surface area contributed by atoms with E-state index in [0.29, 0.717) is 22.4 Å². The average molecular weight is 374 g/mol. The summed E-state index contributed by atoms with van der Waals surface area (Å²) in [6.45, 7) is 1.73. The number of hydrogen-bond donors (Lipinski definition) is 3. The van der Waals surface area contributed by atoms with Gasteiger partial charge in [-0.2, -0.15) is 8.42 Å². The van der Waals surface area contributed by atoms with Gasteiger partial charge in [0.05, 0.1) is 0 Å². The van der Waals surface area contributed by atoms with Gasteiger partial charge >= 0.3 is 0 Å². The second-order valence-corrected chi connectivity index (χ2v) is 6.88. The van der Waals surface area contributed by atoms with Crippen molar-refractivity contribution >= 4 is 27.6 Å². The molecule has 2 rings (SSSR count). The summed E-state index contributed by atoms with van der Waals surface area (Å²) in [7, 11) is -2.91. The van der Waals surface area contributed by atoms with Crippen LogP contribution in [-0.4, -0.2) is 31.8 Å². The van der Waals surface area contributed by atoms with Gasteiger partial charge in [-0.3, -0.25) is 14.1 Å². The molecule has 7 nitrogen and oxygen atoms in total. The van der Waals surface area contributed by atoms with Crippen LogP contribution in [0.15, 0.2) is 59.5 Å². The first-order valence-corrected chi connectivity index (χ1v) is 9.04. The van der Waals surface area contributed by atoms with Gasteiger partial charge < -0.3 is 10.6 Å². The van der Waals surface area contributed by atoms with E-state index in [9.17, 15) is 22.6 Å². The number of carbonyl (C=O) groups is 2. The van der Waals surface area contributed by atoms with Crippen LogP contribution < -0.4 is 10.6 Å². The molecule has 0 atom stereocenters. The van der Waals surface area contributed by atoms with E-state index in [2.05, 4.69) is 10.6 Å². The molecule has 0 fully saturated rings. The Kier molecular flexibility index (Phi) is 5.91. The van der Waals surface area contributed by atoms with Gasteiger partial charge in [0.2, 0.25) is 11.8 Å². The number of aryl methyl sites for hydroxylation is 1. The Balaban J connectivity index is 2.25. The zero-order chi connectivity index (χ0) is 19.3. The number of rotatable bonds is 5. The molecule has 0 saturated carbocycles. The van der Waals surface area contributed by atoms with Crippen LogP contribution in [0.1, 0.15) is 5.56 Å². The third-order valence-electron chi connectivity index (χ3n) is 3.51. The Labute approximate surface area is 151 Å². The van der Waals surface area contributed by atoms with Crippen LogP contribution in [0.25, 0.3) is 11.1 Å². The normalized spacial score (nSPS) is 11.3. The fourth-order valence-electron chi connectivity index (χ4n) is 2.23. The lowest BCUT2D eigenvalue weighted by Crippen LogP contribution is -2.16. The van der Waals surface area contributed by atoms with E-state index in [4.69, 9.17) is 0 Å². The van der Waals surface area contributed by atoms with Crippen LogP contribution >= 0.6 is 0 Å². The second-order valence-electron chi connectivity index (χ2n) is 5.49. The molecule has 0 radical (unpaired) electrons. The zero-order valence-corrected chi connectivity index (χ0v) is 15.0. The fraction of sp³-hybridized carbons (Fsp3) is 0.111. The third-order valence-corrected chi connectivity index (χ3v) is 4.40. The average Bonchev–Trinajstić information content (AvgIpc) is 2.59. The molecular formula is C18H18N2O5S. The Hall–Kier alpha value is -2.97. The lowest BCUT2D eigenvalue weighted by atomic mass is 10.0. The van der Waals surface area contributed by atoms with Crippen molar-refractivity contribution in [2.24, 2.45) is 0 Å². The van der Waals surface area contributed by atoms with Gasteiger partial charge in [0, 0.05) is 30.5 Å². The van der Waals surface area contributed by atoms with E-state index in [-0.39, 0.29) is 4.90 Å². The van der Waals surface area contributed by atoms with Crippen molar-refractivity contribution in [2.45, 2.75) is 11.8 Å². The quantitative estimate of drug-likeness (QED) is 0.548. The van der Waals surface area contributed by atoms with Crippen LogP contribution in [0.5, 0.6) is 0 Å². The highest BCUT2D eigenvalue weighted by atomic mass is 32.2. The third kappa shape index (κ3) is 5.01. The molecule has 0 aromatic heterocycles. The van der Waals surface area contributed by atoms with E-state index >= 15 is 0 Å². The number of anilines is 1. The maximum absolute atomic E-state index is 11.7. The Morgan fingerprint density at radius 3 is 2.19 bits per heavy atom. The molecule has 0 aliphatic carbocycles. The monoisotopic (exact) mass is 374 g/mol. The van der Waals surface area contributed by atoms with E-state index < -0.39 is 21.9 Å². The van der Waals surface area contributed by atoms with E-state index in [0.717, 1.165) is 12.2 Å². The molecule has 0 saturated heterocycles. The van der Waals surface area contributed by atoms with Crippen LogP contribution in [0.3, 0.4) is 0 Å². The van der Waals surface area contributed by atoms with Gasteiger partial charge in [-0.25, -0.2) is 0 Å². The van der Waals surface area contributed by atoms with Crippen molar-refractivity contribution in [2.75, 3.05) is 12.4 Å². The fourth-order valence-corrected chi connectivity index (χ4v) is 3.03. The first kappa shape index (κ1) is 19.4. The first-order valence-electron chi connectivity index (χ1n) is 7.60. The molecule has 0 bridgehead atoms. The smallest absolute Gasteiger partial charge is 0.295 e. The van der Waals surface area contributed by atoms with E-state index in [1.165, 1.54) is 13.1 Å². The minimum absolute atomic E-state index is 0.178. The second kappa shape index (κ2) is 7.94. The van der Waals surface area contributed by atoms with Gasteiger partial charge in [0.25, 0.3) is 10.1 Å². The van der Waals surface area contributed by atoms with Gasteiger partial charge in [0.15, 0.2) is 0 Å². The van der Waals surface area contributed by atoms with Gasteiger partial charge in [0.1, 0.15) is 4.90 Å². The molecule has 2 aromatic rings. The number of carbonyl (C=O) groups excluding carboxylic acids is 2. The summed E-state index contributed by atoms with van der Waals surface area (Å²) in [6, 6.07) is 11.2. The molecule has 8 heteroatoms. The Morgan fingerprint density at radius 1 is 1.00 bits per heavy atom. The van der Waals surface area contributed by atoms with Crippen molar-refractivity contribution < 1.29 is 22.6 Å². The number of amides is 2. The number of nitrogens with one attached hydrogen (secondary N) is 2. The summed E-state index contributed by atoms with van der Waals surface area (Å²) in [5.41, 5.74) is 2.10. The lowest BCUT2D eigenvalue weighted by molar-refractivity contribution is -0.117. The molecule has 0 spiro atoms. The van der Waals surface area contributed by atoms with Crippen LogP contribution in [0.2, 0.25) is 0 Å². The molecule has 3 N–H and O–H groups in total. The van der Waals surface area contributed by atoms with Gasteiger partial charge in [-0.05, 0) is 36.2 Å². The highest BCUT2D eigenvalue weighted by Gasteiger charge is 2.16. The number of benzene rings is 2. The molecule has 0 aliphatic rings. The molecule has 2 amide bonds. The van der Waals surface area contributed by atoms with Gasteiger partial charge in [-0.15, -0.1) is 0 Å². The van der Waals surface area contributed by atoms with Crippen molar-refractivity contribution in [1.82, 2.24) is 5.32 Å². The topological polar surface area (TPSA) is 113 Å². The highest BCUT2D eigenvalue weighted by Crippen LogP contribution is 2.29. The Morgan fingerprint density at radius 2 is 1.62 bits per heavy atom. The van der Waals surface area contributed by atoms with Gasteiger partial charge in [-0.1, -0.05) is 24.3 Å². The molecule has 0 aliphatic heterocycles. The number of hydrogen-bond acceptors (Lipinski definition) is 4. The molecule has 0 unspecified atom stereocenters. The van der Waals surface area contributed by atoms with Crippen molar-refractivity contribution in [3.05, 3.63) is 60.2 Å².